The molecule has 2 unspecified atom stereocenters. The van der Waals surface area contributed by atoms with Crippen LogP contribution < -0.4 is 10.6 Å². The fourth-order valence-corrected chi connectivity index (χ4v) is 2.50. The van der Waals surface area contributed by atoms with E-state index in [0.29, 0.717) is 24.6 Å². The van der Waals surface area contributed by atoms with Crippen LogP contribution in [0.3, 0.4) is 0 Å². The van der Waals surface area contributed by atoms with Crippen molar-refractivity contribution in [2.75, 3.05) is 13.1 Å². The summed E-state index contributed by atoms with van der Waals surface area (Å²) in [4.78, 5) is 11.8. The van der Waals surface area contributed by atoms with Crippen molar-refractivity contribution in [2.45, 2.75) is 38.1 Å². The van der Waals surface area contributed by atoms with E-state index in [9.17, 15) is 9.18 Å². The van der Waals surface area contributed by atoms with Crippen molar-refractivity contribution in [3.05, 3.63) is 35.6 Å². The fraction of sp³-hybridized carbons (Fsp3) is 0.533. The highest BCUT2D eigenvalue weighted by atomic mass is 19.1. The van der Waals surface area contributed by atoms with Gasteiger partial charge in [0.05, 0.1) is 0 Å². The van der Waals surface area contributed by atoms with E-state index in [1.54, 1.807) is 18.2 Å². The van der Waals surface area contributed by atoms with Gasteiger partial charge in [0.15, 0.2) is 0 Å². The van der Waals surface area contributed by atoms with Gasteiger partial charge >= 0.3 is 0 Å². The standard InChI is InChI=1S/C15H21FN2O/c1-11(13-6-2-3-7-14(13)16)9-15(19)18-10-12-5-4-8-17-12/h2-3,6-7,11-12,17H,4-5,8-10H2,1H3,(H,18,19). The Bertz CT molecular complexity index is 430. The number of hydrogen-bond acceptors (Lipinski definition) is 2. The Morgan fingerprint density at radius 1 is 1.53 bits per heavy atom. The average molecular weight is 264 g/mol. The maximum absolute atomic E-state index is 13.6. The summed E-state index contributed by atoms with van der Waals surface area (Å²) >= 11 is 0. The molecule has 1 fully saturated rings. The number of rotatable bonds is 5. The molecule has 1 aromatic carbocycles. The lowest BCUT2D eigenvalue weighted by Gasteiger charge is -2.15. The van der Waals surface area contributed by atoms with Crippen LogP contribution in [0.2, 0.25) is 0 Å². The van der Waals surface area contributed by atoms with Crippen LogP contribution in [0.15, 0.2) is 24.3 Å². The predicted molar refractivity (Wildman–Crippen MR) is 73.5 cm³/mol. The zero-order valence-electron chi connectivity index (χ0n) is 11.3. The largest absolute Gasteiger partial charge is 0.355 e. The van der Waals surface area contributed by atoms with Crippen LogP contribution in [0, 0.1) is 5.82 Å². The Hall–Kier alpha value is -1.42. The first-order valence-corrected chi connectivity index (χ1v) is 6.91. The summed E-state index contributed by atoms with van der Waals surface area (Å²) in [7, 11) is 0. The number of nitrogens with one attached hydrogen (secondary N) is 2. The molecule has 0 radical (unpaired) electrons. The number of carbonyl (C=O) groups excluding carboxylic acids is 1. The van der Waals surface area contributed by atoms with Crippen molar-refractivity contribution in [2.24, 2.45) is 0 Å². The lowest BCUT2D eigenvalue weighted by atomic mass is 9.97. The summed E-state index contributed by atoms with van der Waals surface area (Å²) < 4.78 is 13.6. The number of carbonyl (C=O) groups is 1. The minimum Gasteiger partial charge on any atom is -0.355 e. The van der Waals surface area contributed by atoms with Crippen LogP contribution in [0.4, 0.5) is 4.39 Å². The van der Waals surface area contributed by atoms with E-state index in [4.69, 9.17) is 0 Å². The fourth-order valence-electron chi connectivity index (χ4n) is 2.50. The Labute approximate surface area is 113 Å². The Kier molecular flexibility index (Phi) is 4.91. The normalized spacial score (nSPS) is 20.2. The summed E-state index contributed by atoms with van der Waals surface area (Å²) in [5.41, 5.74) is 0.608. The molecule has 2 N–H and O–H groups in total. The van der Waals surface area contributed by atoms with Crippen molar-refractivity contribution < 1.29 is 9.18 Å². The molecule has 1 saturated heterocycles. The van der Waals surface area contributed by atoms with E-state index >= 15 is 0 Å². The smallest absolute Gasteiger partial charge is 0.220 e. The molecule has 19 heavy (non-hydrogen) atoms. The number of amides is 1. The summed E-state index contributed by atoms with van der Waals surface area (Å²) in [6.07, 6.45) is 2.61. The minimum absolute atomic E-state index is 0.00977. The molecule has 0 bridgehead atoms. The van der Waals surface area contributed by atoms with Crippen molar-refractivity contribution in [1.29, 1.82) is 0 Å². The highest BCUT2D eigenvalue weighted by Crippen LogP contribution is 2.21. The van der Waals surface area contributed by atoms with Crippen LogP contribution in [0.25, 0.3) is 0 Å². The van der Waals surface area contributed by atoms with Gasteiger partial charge in [0.1, 0.15) is 5.82 Å². The van der Waals surface area contributed by atoms with E-state index in [1.807, 2.05) is 6.92 Å². The number of benzene rings is 1. The number of halogens is 1. The first-order chi connectivity index (χ1) is 9.16. The van der Waals surface area contributed by atoms with Crippen LogP contribution in [0.1, 0.15) is 37.7 Å². The highest BCUT2D eigenvalue weighted by Gasteiger charge is 2.17. The first kappa shape index (κ1) is 14.0. The van der Waals surface area contributed by atoms with Gasteiger partial charge in [0.25, 0.3) is 0 Å². The minimum atomic E-state index is -0.236. The zero-order valence-corrected chi connectivity index (χ0v) is 11.3. The molecule has 1 amide bonds. The van der Waals surface area contributed by atoms with Crippen LogP contribution in [-0.4, -0.2) is 25.0 Å². The molecular weight excluding hydrogens is 243 g/mol. The molecule has 104 valence electrons. The van der Waals surface area contributed by atoms with E-state index in [-0.39, 0.29) is 17.6 Å². The molecule has 1 heterocycles. The predicted octanol–water partition coefficient (Wildman–Crippen LogP) is 2.19. The Morgan fingerprint density at radius 3 is 3.00 bits per heavy atom. The summed E-state index contributed by atoms with van der Waals surface area (Å²) in [6, 6.07) is 7.04. The molecule has 3 nitrogen and oxygen atoms in total. The maximum Gasteiger partial charge on any atom is 0.220 e. The van der Waals surface area contributed by atoms with Crippen molar-refractivity contribution in [3.63, 3.8) is 0 Å². The summed E-state index contributed by atoms with van der Waals surface area (Å²) in [5, 5.41) is 6.25. The molecule has 1 aliphatic heterocycles. The molecule has 2 atom stereocenters. The topological polar surface area (TPSA) is 41.1 Å². The van der Waals surface area contributed by atoms with Gasteiger partial charge in [-0.1, -0.05) is 25.1 Å². The third-order valence-corrected chi connectivity index (χ3v) is 3.64. The second-order valence-corrected chi connectivity index (χ2v) is 5.22. The Balaban J connectivity index is 1.79. The number of hydrogen-bond donors (Lipinski definition) is 2. The monoisotopic (exact) mass is 264 g/mol. The van der Waals surface area contributed by atoms with E-state index < -0.39 is 0 Å². The third kappa shape index (κ3) is 4.03. The second kappa shape index (κ2) is 6.66. The molecule has 0 aromatic heterocycles. The first-order valence-electron chi connectivity index (χ1n) is 6.91. The lowest BCUT2D eigenvalue weighted by Crippen LogP contribution is -2.37. The van der Waals surface area contributed by atoms with Crippen LogP contribution in [0.5, 0.6) is 0 Å². The van der Waals surface area contributed by atoms with Gasteiger partial charge in [0.2, 0.25) is 5.91 Å². The van der Waals surface area contributed by atoms with E-state index in [0.717, 1.165) is 13.0 Å². The van der Waals surface area contributed by atoms with E-state index in [1.165, 1.54) is 12.5 Å². The third-order valence-electron chi connectivity index (χ3n) is 3.64. The molecular formula is C15H21FN2O. The molecule has 0 aliphatic carbocycles. The van der Waals surface area contributed by atoms with Crippen molar-refractivity contribution in [1.82, 2.24) is 10.6 Å². The van der Waals surface area contributed by atoms with Gasteiger partial charge in [-0.2, -0.15) is 0 Å². The summed E-state index contributed by atoms with van der Waals surface area (Å²) in [5.74, 6) is -0.345. The SMILES string of the molecule is CC(CC(=O)NCC1CCCN1)c1ccccc1F. The summed E-state index contributed by atoms with van der Waals surface area (Å²) in [6.45, 7) is 3.58. The zero-order chi connectivity index (χ0) is 13.7. The van der Waals surface area contributed by atoms with Gasteiger partial charge in [-0.15, -0.1) is 0 Å². The second-order valence-electron chi connectivity index (χ2n) is 5.22. The van der Waals surface area contributed by atoms with Crippen LogP contribution in [-0.2, 0) is 4.79 Å². The van der Waals surface area contributed by atoms with Crippen molar-refractivity contribution in [3.8, 4) is 0 Å². The quantitative estimate of drug-likeness (QED) is 0.856. The molecule has 1 aliphatic rings. The average Bonchev–Trinajstić information content (AvgIpc) is 2.90. The van der Waals surface area contributed by atoms with Gasteiger partial charge in [-0.25, -0.2) is 4.39 Å². The molecule has 4 heteroatoms. The lowest BCUT2D eigenvalue weighted by molar-refractivity contribution is -0.121. The van der Waals surface area contributed by atoms with Crippen LogP contribution >= 0.6 is 0 Å². The van der Waals surface area contributed by atoms with Crippen molar-refractivity contribution >= 4 is 5.91 Å². The van der Waals surface area contributed by atoms with Gasteiger partial charge in [-0.3, -0.25) is 4.79 Å². The molecule has 0 spiro atoms. The Morgan fingerprint density at radius 2 is 2.32 bits per heavy atom. The molecule has 1 aromatic rings. The molecule has 2 rings (SSSR count). The van der Waals surface area contributed by atoms with E-state index in [2.05, 4.69) is 10.6 Å². The van der Waals surface area contributed by atoms with Gasteiger partial charge < -0.3 is 10.6 Å². The molecule has 0 saturated carbocycles. The van der Waals surface area contributed by atoms with Gasteiger partial charge in [0, 0.05) is 19.0 Å². The highest BCUT2D eigenvalue weighted by molar-refractivity contribution is 5.76. The maximum atomic E-state index is 13.6. The van der Waals surface area contributed by atoms with Gasteiger partial charge in [-0.05, 0) is 36.9 Å².